The van der Waals surface area contributed by atoms with Crippen molar-refractivity contribution in [1.82, 2.24) is 5.32 Å². The van der Waals surface area contributed by atoms with E-state index in [1.165, 1.54) is 18.2 Å². The Morgan fingerprint density at radius 3 is 2.49 bits per heavy atom. The van der Waals surface area contributed by atoms with E-state index >= 15 is 0 Å². The average Bonchev–Trinajstić information content (AvgIpc) is 3.06. The fourth-order valence-corrected chi connectivity index (χ4v) is 5.13. The van der Waals surface area contributed by atoms with E-state index < -0.39 is 54.7 Å². The van der Waals surface area contributed by atoms with Crippen molar-refractivity contribution in [3.05, 3.63) is 88.9 Å². The molecule has 0 aromatic heterocycles. The van der Waals surface area contributed by atoms with Crippen molar-refractivity contribution in [2.24, 2.45) is 11.7 Å². The van der Waals surface area contributed by atoms with Gasteiger partial charge in [0.1, 0.15) is 6.17 Å². The molecule has 3 atom stereocenters. The summed E-state index contributed by atoms with van der Waals surface area (Å²) in [5, 5.41) is 15.1. The van der Waals surface area contributed by atoms with Gasteiger partial charge in [0.05, 0.1) is 46.3 Å². The van der Waals surface area contributed by atoms with Crippen LogP contribution in [0.25, 0.3) is 0 Å². The molecule has 0 radical (unpaired) electrons. The molecule has 0 saturated carbocycles. The number of halogens is 4. The quantitative estimate of drug-likeness (QED) is 0.329. The van der Waals surface area contributed by atoms with E-state index in [-0.39, 0.29) is 22.7 Å². The minimum absolute atomic E-state index is 0.213. The molecule has 4 rings (SSSR count). The van der Waals surface area contributed by atoms with E-state index in [2.05, 4.69) is 10.6 Å². The molecule has 3 aromatic rings. The van der Waals surface area contributed by atoms with Gasteiger partial charge >= 0.3 is 6.18 Å². The van der Waals surface area contributed by atoms with E-state index in [1.807, 2.05) is 6.07 Å². The van der Waals surface area contributed by atoms with Crippen molar-refractivity contribution in [1.29, 1.82) is 5.26 Å². The molecule has 12 heteroatoms. The predicted molar refractivity (Wildman–Crippen MR) is 147 cm³/mol. The van der Waals surface area contributed by atoms with Crippen molar-refractivity contribution in [3.8, 4) is 6.07 Å². The smallest absolute Gasteiger partial charge is 0.369 e. The molecule has 1 heterocycles. The fraction of sp³-hybridized carbons (Fsp3) is 0.241. The van der Waals surface area contributed by atoms with Gasteiger partial charge in [0.15, 0.2) is 0 Å². The zero-order chi connectivity index (χ0) is 29.7. The molecule has 0 aliphatic carbocycles. The second-order valence-corrected chi connectivity index (χ2v) is 9.90. The van der Waals surface area contributed by atoms with Crippen LogP contribution in [-0.4, -0.2) is 30.1 Å². The van der Waals surface area contributed by atoms with Gasteiger partial charge < -0.3 is 21.3 Å². The van der Waals surface area contributed by atoms with Crippen molar-refractivity contribution in [2.75, 3.05) is 10.2 Å². The summed E-state index contributed by atoms with van der Waals surface area (Å²) in [5.41, 5.74) is 7.27. The third kappa shape index (κ3) is 6.96. The number of alkyl halides is 3. The Bertz CT molecular complexity index is 1490. The number of nitrogens with zero attached hydrogens (tertiary/aromatic N) is 2. The van der Waals surface area contributed by atoms with Crippen LogP contribution in [0.4, 0.5) is 30.2 Å². The number of fused-ring (bicyclic) bond motifs is 1. The second kappa shape index (κ2) is 12.3. The zero-order valence-electron chi connectivity index (χ0n) is 21.5. The lowest BCUT2D eigenvalue weighted by molar-refractivity contribution is -0.144. The van der Waals surface area contributed by atoms with Crippen LogP contribution in [0.3, 0.4) is 0 Å². The summed E-state index contributed by atoms with van der Waals surface area (Å²) in [4.78, 5) is 40.9. The van der Waals surface area contributed by atoms with Crippen LogP contribution in [0, 0.1) is 17.2 Å². The highest BCUT2D eigenvalue weighted by Gasteiger charge is 2.40. The molecule has 8 nitrogen and oxygen atoms in total. The van der Waals surface area contributed by atoms with Crippen LogP contribution >= 0.6 is 11.6 Å². The first-order chi connectivity index (χ1) is 19.5. The van der Waals surface area contributed by atoms with Crippen LogP contribution in [0.15, 0.2) is 72.8 Å². The highest BCUT2D eigenvalue weighted by molar-refractivity contribution is 6.34. The molecular weight excluding hydrogens is 559 g/mol. The molecule has 212 valence electrons. The number of hydrogen-bond acceptors (Lipinski definition) is 5. The molecule has 1 aliphatic rings. The van der Waals surface area contributed by atoms with E-state index in [0.29, 0.717) is 16.9 Å². The topological polar surface area (TPSA) is 128 Å². The molecule has 0 spiro atoms. The molecule has 4 N–H and O–H groups in total. The van der Waals surface area contributed by atoms with Gasteiger partial charge in [-0.05, 0) is 42.3 Å². The number of nitrogens with two attached hydrogens (primary N) is 1. The molecule has 0 fully saturated rings. The number of rotatable bonds is 8. The van der Waals surface area contributed by atoms with Gasteiger partial charge in [-0.1, -0.05) is 54.1 Å². The first kappa shape index (κ1) is 29.4. The Morgan fingerprint density at radius 1 is 1.12 bits per heavy atom. The van der Waals surface area contributed by atoms with Gasteiger partial charge in [0, 0.05) is 12.1 Å². The monoisotopic (exact) mass is 583 g/mol. The van der Waals surface area contributed by atoms with Crippen LogP contribution in [-0.2, 0) is 14.4 Å². The number of benzene rings is 3. The van der Waals surface area contributed by atoms with Gasteiger partial charge in [0.25, 0.3) is 0 Å². The average molecular weight is 584 g/mol. The number of nitriles is 1. The van der Waals surface area contributed by atoms with E-state index in [9.17, 15) is 32.8 Å². The Balaban J connectivity index is 1.79. The second-order valence-electron chi connectivity index (χ2n) is 9.49. The summed E-state index contributed by atoms with van der Waals surface area (Å²) < 4.78 is 40.0. The minimum atomic E-state index is -4.60. The van der Waals surface area contributed by atoms with Crippen LogP contribution < -0.4 is 21.3 Å². The maximum Gasteiger partial charge on any atom is 0.389 e. The number of anilines is 3. The fourth-order valence-electron chi connectivity index (χ4n) is 4.92. The highest BCUT2D eigenvalue weighted by Crippen LogP contribution is 2.41. The molecular formula is C29H25ClF3N5O3. The third-order valence-corrected chi connectivity index (χ3v) is 7.03. The number of hydrogen-bond donors (Lipinski definition) is 3. The molecule has 1 aliphatic heterocycles. The number of para-hydroxylation sites is 1. The van der Waals surface area contributed by atoms with Crippen molar-refractivity contribution >= 4 is 46.4 Å². The van der Waals surface area contributed by atoms with Crippen LogP contribution in [0.1, 0.15) is 36.3 Å². The number of carbonyl (C=O) groups excluding carboxylic acids is 3. The lowest BCUT2D eigenvalue weighted by Crippen LogP contribution is -2.50. The maximum absolute atomic E-state index is 13.8. The normalized spacial score (nSPS) is 16.4. The SMILES string of the molecule is N#Cc1cccc(N2c3cccc(Cl)c3NC(=O)CC2NC(=O)[C@H](CCC(F)(F)F)[C@H](C(N)=O)c2ccccc2)c1. The molecule has 3 aromatic carbocycles. The minimum Gasteiger partial charge on any atom is -0.369 e. The summed E-state index contributed by atoms with van der Waals surface area (Å²) in [7, 11) is 0. The Labute approximate surface area is 238 Å². The van der Waals surface area contributed by atoms with Crippen molar-refractivity contribution < 1.29 is 27.6 Å². The van der Waals surface area contributed by atoms with Crippen LogP contribution in [0.5, 0.6) is 0 Å². The van der Waals surface area contributed by atoms with Gasteiger partial charge in [-0.15, -0.1) is 0 Å². The molecule has 41 heavy (non-hydrogen) atoms. The molecule has 0 saturated heterocycles. The standard InChI is InChI=1S/C29H25ClF3N5O3/c30-21-10-5-11-22-26(21)37-24(39)15-23(38(22)19-9-4-6-17(14-19)16-34)36-28(41)20(12-13-29(31,32)33)25(27(35)40)18-7-2-1-3-8-18/h1-11,14,20,23,25H,12-13,15H2,(H2,35,40)(H,36,41)(H,37,39)/t20-,23?,25-/m1/s1. The Morgan fingerprint density at radius 2 is 1.83 bits per heavy atom. The highest BCUT2D eigenvalue weighted by atomic mass is 35.5. The zero-order valence-corrected chi connectivity index (χ0v) is 22.2. The van der Waals surface area contributed by atoms with Gasteiger partial charge in [-0.2, -0.15) is 18.4 Å². The third-order valence-electron chi connectivity index (χ3n) is 6.71. The van der Waals surface area contributed by atoms with Gasteiger partial charge in [-0.25, -0.2) is 0 Å². The van der Waals surface area contributed by atoms with E-state index in [1.54, 1.807) is 59.5 Å². The summed E-state index contributed by atoms with van der Waals surface area (Å²) in [6.07, 6.45) is -8.11. The number of nitrogens with one attached hydrogen (secondary N) is 2. The Hall–Kier alpha value is -4.56. The summed E-state index contributed by atoms with van der Waals surface area (Å²) in [6.45, 7) is 0. The van der Waals surface area contributed by atoms with E-state index in [0.717, 1.165) is 0 Å². The Kier molecular flexibility index (Phi) is 8.83. The largest absolute Gasteiger partial charge is 0.389 e. The van der Waals surface area contributed by atoms with Crippen molar-refractivity contribution in [3.63, 3.8) is 0 Å². The first-order valence-electron chi connectivity index (χ1n) is 12.6. The molecule has 3 amide bonds. The van der Waals surface area contributed by atoms with E-state index in [4.69, 9.17) is 17.3 Å². The lowest BCUT2D eigenvalue weighted by Gasteiger charge is -2.35. The summed E-state index contributed by atoms with van der Waals surface area (Å²) in [6, 6.07) is 21.1. The number of amides is 3. The predicted octanol–water partition coefficient (Wildman–Crippen LogP) is 5.36. The number of primary amides is 1. The first-order valence-corrected chi connectivity index (χ1v) is 13.0. The summed E-state index contributed by atoms with van der Waals surface area (Å²) in [5.74, 6) is -5.26. The lowest BCUT2D eigenvalue weighted by atomic mass is 9.81. The number of carbonyl (C=O) groups is 3. The van der Waals surface area contributed by atoms with Crippen molar-refractivity contribution in [2.45, 2.75) is 37.5 Å². The van der Waals surface area contributed by atoms with Gasteiger partial charge in [0.2, 0.25) is 17.7 Å². The van der Waals surface area contributed by atoms with Gasteiger partial charge in [-0.3, -0.25) is 14.4 Å². The summed E-state index contributed by atoms with van der Waals surface area (Å²) >= 11 is 6.38. The molecule has 0 bridgehead atoms. The van der Waals surface area contributed by atoms with Crippen LogP contribution in [0.2, 0.25) is 5.02 Å². The molecule has 1 unspecified atom stereocenters. The maximum atomic E-state index is 13.8.